The predicted octanol–water partition coefficient (Wildman–Crippen LogP) is 4.07. The molecule has 1 aliphatic carbocycles. The van der Waals surface area contributed by atoms with Gasteiger partial charge in [-0.3, -0.25) is 0 Å². The van der Waals surface area contributed by atoms with Crippen molar-refractivity contribution in [3.05, 3.63) is 35.8 Å². The van der Waals surface area contributed by atoms with Gasteiger partial charge in [0.15, 0.2) is 0 Å². The minimum absolute atomic E-state index is 0.282. The lowest BCUT2D eigenvalue weighted by atomic mass is 9.77. The first-order valence-corrected chi connectivity index (χ1v) is 8.83. The summed E-state index contributed by atoms with van der Waals surface area (Å²) in [5, 5.41) is 14.1. The lowest BCUT2D eigenvalue weighted by molar-refractivity contribution is -0.000389. The number of hydrogen-bond acceptors (Lipinski definition) is 5. The van der Waals surface area contributed by atoms with Crippen LogP contribution in [0.1, 0.15) is 39.5 Å². The van der Waals surface area contributed by atoms with Crippen LogP contribution in [0, 0.1) is 11.9 Å². The SMILES string of the molecule is CC(C)(O)C1CCC(Nc2cc(Cl)ncc2-c2cnc(F)cn2)CC1. The number of aromatic nitrogens is 3. The molecular formula is C18H22ClFN4O. The lowest BCUT2D eigenvalue weighted by Gasteiger charge is -2.36. The smallest absolute Gasteiger partial charge is 0.231 e. The molecule has 0 radical (unpaired) electrons. The maximum Gasteiger partial charge on any atom is 0.231 e. The molecule has 2 aromatic heterocycles. The van der Waals surface area contributed by atoms with Crippen molar-refractivity contribution in [1.29, 1.82) is 0 Å². The van der Waals surface area contributed by atoms with E-state index in [4.69, 9.17) is 11.6 Å². The molecular weight excluding hydrogens is 343 g/mol. The van der Waals surface area contributed by atoms with Gasteiger partial charge in [0, 0.05) is 23.5 Å². The molecule has 0 aromatic carbocycles. The molecule has 25 heavy (non-hydrogen) atoms. The average molecular weight is 365 g/mol. The van der Waals surface area contributed by atoms with Crippen LogP contribution in [0.25, 0.3) is 11.3 Å². The lowest BCUT2D eigenvalue weighted by Crippen LogP contribution is -2.37. The summed E-state index contributed by atoms with van der Waals surface area (Å²) in [6, 6.07) is 2.04. The highest BCUT2D eigenvalue weighted by molar-refractivity contribution is 6.29. The van der Waals surface area contributed by atoms with E-state index in [0.717, 1.165) is 43.1 Å². The Balaban J connectivity index is 1.77. The van der Waals surface area contributed by atoms with Crippen molar-refractivity contribution in [2.24, 2.45) is 5.92 Å². The van der Waals surface area contributed by atoms with Crippen molar-refractivity contribution in [2.75, 3.05) is 5.32 Å². The van der Waals surface area contributed by atoms with Crippen molar-refractivity contribution < 1.29 is 9.50 Å². The molecule has 2 heterocycles. The van der Waals surface area contributed by atoms with E-state index in [1.165, 1.54) is 6.20 Å². The molecule has 0 amide bonds. The molecule has 1 fully saturated rings. The van der Waals surface area contributed by atoms with Crippen LogP contribution in [0.4, 0.5) is 10.1 Å². The molecule has 0 saturated heterocycles. The number of nitrogens with zero attached hydrogens (tertiary/aromatic N) is 3. The quantitative estimate of drug-likeness (QED) is 0.800. The zero-order valence-electron chi connectivity index (χ0n) is 14.3. The second kappa shape index (κ2) is 7.22. The highest BCUT2D eigenvalue weighted by atomic mass is 35.5. The average Bonchev–Trinajstić information content (AvgIpc) is 2.56. The largest absolute Gasteiger partial charge is 0.390 e. The normalized spacial score (nSPS) is 21.2. The predicted molar refractivity (Wildman–Crippen MR) is 95.9 cm³/mol. The fourth-order valence-electron chi connectivity index (χ4n) is 3.37. The number of rotatable bonds is 4. The molecule has 3 rings (SSSR count). The Morgan fingerprint density at radius 1 is 1.12 bits per heavy atom. The van der Waals surface area contributed by atoms with Crippen molar-refractivity contribution in [2.45, 2.75) is 51.2 Å². The number of halogens is 2. The molecule has 1 aliphatic rings. The number of nitrogens with one attached hydrogen (secondary N) is 1. The van der Waals surface area contributed by atoms with Gasteiger partial charge in [0.05, 0.1) is 23.7 Å². The van der Waals surface area contributed by atoms with Crippen LogP contribution in [0.3, 0.4) is 0 Å². The Morgan fingerprint density at radius 2 is 1.84 bits per heavy atom. The summed E-state index contributed by atoms with van der Waals surface area (Å²) in [5.41, 5.74) is 1.45. The number of hydrogen-bond donors (Lipinski definition) is 2. The zero-order valence-corrected chi connectivity index (χ0v) is 15.1. The Kier molecular flexibility index (Phi) is 5.20. The van der Waals surface area contributed by atoms with Crippen LogP contribution < -0.4 is 5.32 Å². The third kappa shape index (κ3) is 4.44. The van der Waals surface area contributed by atoms with Gasteiger partial charge in [-0.1, -0.05) is 11.6 Å². The van der Waals surface area contributed by atoms with Gasteiger partial charge in [0.25, 0.3) is 0 Å². The molecule has 1 saturated carbocycles. The van der Waals surface area contributed by atoms with Gasteiger partial charge in [0.2, 0.25) is 5.95 Å². The third-order valence-corrected chi connectivity index (χ3v) is 5.06. The summed E-state index contributed by atoms with van der Waals surface area (Å²) in [6.07, 6.45) is 7.94. The van der Waals surface area contributed by atoms with Crippen molar-refractivity contribution in [1.82, 2.24) is 15.0 Å². The number of pyridine rings is 1. The number of anilines is 1. The van der Waals surface area contributed by atoms with E-state index >= 15 is 0 Å². The van der Waals surface area contributed by atoms with Crippen molar-refractivity contribution in [3.8, 4) is 11.3 Å². The van der Waals surface area contributed by atoms with E-state index in [0.29, 0.717) is 16.8 Å². The van der Waals surface area contributed by atoms with E-state index in [1.807, 2.05) is 13.8 Å². The van der Waals surface area contributed by atoms with Crippen LogP contribution in [-0.4, -0.2) is 31.7 Å². The van der Waals surface area contributed by atoms with Gasteiger partial charge in [-0.2, -0.15) is 4.39 Å². The van der Waals surface area contributed by atoms with Gasteiger partial charge < -0.3 is 10.4 Å². The fraction of sp³-hybridized carbons (Fsp3) is 0.500. The van der Waals surface area contributed by atoms with Gasteiger partial charge in [-0.25, -0.2) is 15.0 Å². The third-order valence-electron chi connectivity index (χ3n) is 4.85. The second-order valence-electron chi connectivity index (χ2n) is 7.12. The van der Waals surface area contributed by atoms with Crippen LogP contribution in [-0.2, 0) is 0 Å². The Labute approximate surface area is 151 Å². The molecule has 0 unspecified atom stereocenters. The van der Waals surface area contributed by atoms with Crippen LogP contribution in [0.15, 0.2) is 24.7 Å². The summed E-state index contributed by atoms with van der Waals surface area (Å²) >= 11 is 6.05. The van der Waals surface area contributed by atoms with Crippen LogP contribution >= 0.6 is 11.6 Å². The van der Waals surface area contributed by atoms with E-state index in [1.54, 1.807) is 12.3 Å². The standard InChI is InChI=1S/C18H22ClFN4O/c1-18(2,25)11-3-5-12(6-4-11)24-14-7-16(19)22-8-13(14)15-9-23-17(20)10-21-15/h7-12,25H,3-6H2,1-2H3,(H,22,24). The summed E-state index contributed by atoms with van der Waals surface area (Å²) in [5.74, 6) is -0.306. The molecule has 7 heteroatoms. The van der Waals surface area contributed by atoms with Gasteiger partial charge in [0.1, 0.15) is 5.15 Å². The Bertz CT molecular complexity index is 725. The van der Waals surface area contributed by atoms with E-state index in [9.17, 15) is 9.50 Å². The summed E-state index contributed by atoms with van der Waals surface area (Å²) in [6.45, 7) is 3.75. The molecule has 0 bridgehead atoms. The highest BCUT2D eigenvalue weighted by Gasteiger charge is 2.31. The first-order valence-electron chi connectivity index (χ1n) is 8.45. The first-order chi connectivity index (χ1) is 11.8. The number of aliphatic hydroxyl groups is 1. The highest BCUT2D eigenvalue weighted by Crippen LogP contribution is 2.35. The molecule has 134 valence electrons. The summed E-state index contributed by atoms with van der Waals surface area (Å²) in [4.78, 5) is 11.8. The van der Waals surface area contributed by atoms with Crippen molar-refractivity contribution in [3.63, 3.8) is 0 Å². The van der Waals surface area contributed by atoms with E-state index in [2.05, 4.69) is 20.3 Å². The van der Waals surface area contributed by atoms with Gasteiger partial charge >= 0.3 is 0 Å². The maximum atomic E-state index is 13.0. The Hall–Kier alpha value is -1.79. The topological polar surface area (TPSA) is 70.9 Å². The first kappa shape index (κ1) is 18.0. The Morgan fingerprint density at radius 3 is 2.44 bits per heavy atom. The van der Waals surface area contributed by atoms with E-state index < -0.39 is 11.5 Å². The summed E-state index contributed by atoms with van der Waals surface area (Å²) < 4.78 is 13.0. The van der Waals surface area contributed by atoms with Crippen molar-refractivity contribution >= 4 is 17.3 Å². The molecule has 2 aromatic rings. The summed E-state index contributed by atoms with van der Waals surface area (Å²) in [7, 11) is 0. The minimum atomic E-state index is -0.639. The monoisotopic (exact) mass is 364 g/mol. The molecule has 2 N–H and O–H groups in total. The van der Waals surface area contributed by atoms with Crippen LogP contribution in [0.2, 0.25) is 5.15 Å². The zero-order chi connectivity index (χ0) is 18.0. The molecule has 0 atom stereocenters. The maximum absolute atomic E-state index is 13.0. The molecule has 0 aliphatic heterocycles. The van der Waals surface area contributed by atoms with E-state index in [-0.39, 0.29) is 6.04 Å². The fourth-order valence-corrected chi connectivity index (χ4v) is 3.53. The second-order valence-corrected chi connectivity index (χ2v) is 7.51. The van der Waals surface area contributed by atoms with Crippen LogP contribution in [0.5, 0.6) is 0 Å². The van der Waals surface area contributed by atoms with Gasteiger partial charge in [-0.05, 0) is 51.5 Å². The molecule has 0 spiro atoms. The molecule has 5 nitrogen and oxygen atoms in total. The minimum Gasteiger partial charge on any atom is -0.390 e. The van der Waals surface area contributed by atoms with Gasteiger partial charge in [-0.15, -0.1) is 0 Å².